The van der Waals surface area contributed by atoms with Gasteiger partial charge in [0.1, 0.15) is 5.82 Å². The summed E-state index contributed by atoms with van der Waals surface area (Å²) in [6, 6.07) is 4.63. The first-order valence-electron chi connectivity index (χ1n) is 6.30. The molecule has 4 nitrogen and oxygen atoms in total. The topological polar surface area (TPSA) is 37.4 Å². The molecule has 0 aromatic carbocycles. The van der Waals surface area contributed by atoms with Crippen LogP contribution in [0.1, 0.15) is 19.4 Å². The van der Waals surface area contributed by atoms with Crippen molar-refractivity contribution in [2.24, 2.45) is 0 Å². The fraction of sp³-hybridized carbons (Fsp3) is 0.615. The summed E-state index contributed by atoms with van der Waals surface area (Å²) in [6.45, 7) is 8.82. The molecule has 0 spiro atoms. The van der Waals surface area contributed by atoms with Gasteiger partial charge in [-0.1, -0.05) is 6.07 Å². The Morgan fingerprint density at radius 1 is 1.59 bits per heavy atom. The van der Waals surface area contributed by atoms with Crippen LogP contribution in [0.2, 0.25) is 0 Å². The van der Waals surface area contributed by atoms with E-state index in [4.69, 9.17) is 4.74 Å². The van der Waals surface area contributed by atoms with Crippen LogP contribution >= 0.6 is 0 Å². The summed E-state index contributed by atoms with van der Waals surface area (Å²) >= 11 is 0. The van der Waals surface area contributed by atoms with E-state index in [2.05, 4.69) is 35.1 Å². The molecule has 0 amide bonds. The van der Waals surface area contributed by atoms with Gasteiger partial charge in [0, 0.05) is 37.4 Å². The molecule has 1 aliphatic heterocycles. The Balaban J connectivity index is 2.06. The highest BCUT2D eigenvalue weighted by Gasteiger charge is 2.19. The van der Waals surface area contributed by atoms with Crippen LogP contribution in [0, 0.1) is 0 Å². The third-order valence-corrected chi connectivity index (χ3v) is 3.11. The molecule has 1 aromatic rings. The summed E-state index contributed by atoms with van der Waals surface area (Å²) in [7, 11) is 0. The molecule has 1 aromatic heterocycles. The number of pyridine rings is 1. The SMILES string of the molecule is CCNc1ncccc1CN1CCOCC1C. The van der Waals surface area contributed by atoms with Gasteiger partial charge in [-0.05, 0) is 19.9 Å². The van der Waals surface area contributed by atoms with Gasteiger partial charge in [0.25, 0.3) is 0 Å². The zero-order chi connectivity index (χ0) is 12.1. The maximum absolute atomic E-state index is 5.45. The minimum absolute atomic E-state index is 0.485. The van der Waals surface area contributed by atoms with Crippen molar-refractivity contribution < 1.29 is 4.74 Å². The highest BCUT2D eigenvalue weighted by atomic mass is 16.5. The summed E-state index contributed by atoms with van der Waals surface area (Å²) < 4.78 is 5.45. The van der Waals surface area contributed by atoms with Crippen LogP contribution in [0.25, 0.3) is 0 Å². The second-order valence-electron chi connectivity index (χ2n) is 4.44. The lowest BCUT2D eigenvalue weighted by Crippen LogP contribution is -2.43. The minimum Gasteiger partial charge on any atom is -0.379 e. The number of hydrogen-bond donors (Lipinski definition) is 1. The summed E-state index contributed by atoms with van der Waals surface area (Å²) in [5.74, 6) is 1.01. The van der Waals surface area contributed by atoms with Crippen LogP contribution in [0.15, 0.2) is 18.3 Å². The van der Waals surface area contributed by atoms with Gasteiger partial charge in [0.05, 0.1) is 13.2 Å². The van der Waals surface area contributed by atoms with Crippen molar-refractivity contribution in [1.29, 1.82) is 0 Å². The Morgan fingerprint density at radius 3 is 3.24 bits per heavy atom. The molecule has 1 saturated heterocycles. The third kappa shape index (κ3) is 3.17. The van der Waals surface area contributed by atoms with Crippen LogP contribution in [0.5, 0.6) is 0 Å². The zero-order valence-electron chi connectivity index (χ0n) is 10.6. The van der Waals surface area contributed by atoms with E-state index in [1.165, 1.54) is 5.56 Å². The summed E-state index contributed by atoms with van der Waals surface area (Å²) in [4.78, 5) is 6.84. The molecule has 2 rings (SSSR count). The van der Waals surface area contributed by atoms with Gasteiger partial charge in [0.2, 0.25) is 0 Å². The van der Waals surface area contributed by atoms with E-state index in [-0.39, 0.29) is 0 Å². The molecular weight excluding hydrogens is 214 g/mol. The van der Waals surface area contributed by atoms with Gasteiger partial charge in [-0.3, -0.25) is 4.90 Å². The van der Waals surface area contributed by atoms with Crippen molar-refractivity contribution in [2.75, 3.05) is 31.6 Å². The first kappa shape index (κ1) is 12.3. The maximum Gasteiger partial charge on any atom is 0.130 e. The highest BCUT2D eigenvalue weighted by Crippen LogP contribution is 2.17. The van der Waals surface area contributed by atoms with E-state index in [1.807, 2.05) is 12.3 Å². The van der Waals surface area contributed by atoms with Crippen LogP contribution in [0.4, 0.5) is 5.82 Å². The first-order chi connectivity index (χ1) is 8.31. The van der Waals surface area contributed by atoms with Crippen LogP contribution in [-0.2, 0) is 11.3 Å². The maximum atomic E-state index is 5.45. The summed E-state index contributed by atoms with van der Waals surface area (Å²) in [6.07, 6.45) is 1.84. The summed E-state index contributed by atoms with van der Waals surface area (Å²) in [5.41, 5.74) is 1.27. The number of anilines is 1. The van der Waals surface area contributed by atoms with Gasteiger partial charge in [-0.2, -0.15) is 0 Å². The zero-order valence-corrected chi connectivity index (χ0v) is 10.6. The number of nitrogens with zero attached hydrogens (tertiary/aromatic N) is 2. The first-order valence-corrected chi connectivity index (χ1v) is 6.30. The predicted octanol–water partition coefficient (Wildman–Crippen LogP) is 1.73. The number of ether oxygens (including phenoxy) is 1. The number of hydrogen-bond acceptors (Lipinski definition) is 4. The molecule has 0 saturated carbocycles. The molecular formula is C13H21N3O. The molecule has 0 bridgehead atoms. The largest absolute Gasteiger partial charge is 0.379 e. The third-order valence-electron chi connectivity index (χ3n) is 3.11. The lowest BCUT2D eigenvalue weighted by molar-refractivity contribution is -0.00431. The fourth-order valence-corrected chi connectivity index (χ4v) is 2.11. The quantitative estimate of drug-likeness (QED) is 0.862. The average molecular weight is 235 g/mol. The van der Waals surface area contributed by atoms with E-state index in [0.717, 1.165) is 38.7 Å². The molecule has 0 radical (unpaired) electrons. The number of aromatic nitrogens is 1. The van der Waals surface area contributed by atoms with Gasteiger partial charge < -0.3 is 10.1 Å². The molecule has 0 aliphatic carbocycles. The smallest absolute Gasteiger partial charge is 0.130 e. The van der Waals surface area contributed by atoms with Crippen molar-refractivity contribution in [3.63, 3.8) is 0 Å². The van der Waals surface area contributed by atoms with Crippen molar-refractivity contribution in [3.8, 4) is 0 Å². The Morgan fingerprint density at radius 2 is 2.47 bits per heavy atom. The second kappa shape index (κ2) is 5.98. The van der Waals surface area contributed by atoms with Gasteiger partial charge in [-0.15, -0.1) is 0 Å². The molecule has 1 N–H and O–H groups in total. The number of rotatable bonds is 4. The minimum atomic E-state index is 0.485. The van der Waals surface area contributed by atoms with E-state index in [9.17, 15) is 0 Å². The normalized spacial score (nSPS) is 21.4. The van der Waals surface area contributed by atoms with Crippen LogP contribution < -0.4 is 5.32 Å². The Hall–Kier alpha value is -1.13. The molecule has 1 atom stereocenters. The lowest BCUT2D eigenvalue weighted by atomic mass is 10.2. The number of nitrogens with one attached hydrogen (secondary N) is 1. The van der Waals surface area contributed by atoms with E-state index in [1.54, 1.807) is 0 Å². The molecule has 1 unspecified atom stereocenters. The molecule has 2 heterocycles. The predicted molar refractivity (Wildman–Crippen MR) is 69.1 cm³/mol. The highest BCUT2D eigenvalue weighted by molar-refractivity contribution is 5.43. The fourth-order valence-electron chi connectivity index (χ4n) is 2.11. The Bertz CT molecular complexity index is 356. The van der Waals surface area contributed by atoms with E-state index >= 15 is 0 Å². The van der Waals surface area contributed by atoms with Gasteiger partial charge in [0.15, 0.2) is 0 Å². The average Bonchev–Trinajstić information content (AvgIpc) is 2.35. The second-order valence-corrected chi connectivity index (χ2v) is 4.44. The number of morpholine rings is 1. The monoisotopic (exact) mass is 235 g/mol. The molecule has 1 aliphatic rings. The molecule has 94 valence electrons. The van der Waals surface area contributed by atoms with Crippen molar-refractivity contribution in [2.45, 2.75) is 26.4 Å². The van der Waals surface area contributed by atoms with Crippen molar-refractivity contribution >= 4 is 5.82 Å². The Kier molecular flexibility index (Phi) is 4.34. The van der Waals surface area contributed by atoms with Gasteiger partial charge >= 0.3 is 0 Å². The van der Waals surface area contributed by atoms with Crippen LogP contribution in [-0.4, -0.2) is 42.2 Å². The molecule has 4 heteroatoms. The molecule has 17 heavy (non-hydrogen) atoms. The van der Waals surface area contributed by atoms with Crippen molar-refractivity contribution in [3.05, 3.63) is 23.9 Å². The summed E-state index contributed by atoms with van der Waals surface area (Å²) in [5, 5.41) is 3.31. The Labute approximate surface area is 103 Å². The lowest BCUT2D eigenvalue weighted by Gasteiger charge is -2.33. The van der Waals surface area contributed by atoms with Crippen molar-refractivity contribution in [1.82, 2.24) is 9.88 Å². The molecule has 1 fully saturated rings. The van der Waals surface area contributed by atoms with E-state index in [0.29, 0.717) is 6.04 Å². The van der Waals surface area contributed by atoms with Gasteiger partial charge in [-0.25, -0.2) is 4.98 Å². The van der Waals surface area contributed by atoms with Crippen LogP contribution in [0.3, 0.4) is 0 Å². The van der Waals surface area contributed by atoms with E-state index < -0.39 is 0 Å². The standard InChI is InChI=1S/C13H21N3O/c1-3-14-13-12(5-4-6-15-13)9-16-7-8-17-10-11(16)2/h4-6,11H,3,7-10H2,1-2H3,(H,14,15).